The first kappa shape index (κ1) is 13.2. The molecule has 0 unspecified atom stereocenters. The normalized spacial score (nSPS) is 10.0. The molecule has 4 nitrogen and oxygen atoms in total. The minimum atomic E-state index is -0.494. The van der Waals surface area contributed by atoms with Gasteiger partial charge in [0.2, 0.25) is 0 Å². The Kier molecular flexibility index (Phi) is 3.87. The van der Waals surface area contributed by atoms with Crippen molar-refractivity contribution in [2.45, 2.75) is 0 Å². The summed E-state index contributed by atoms with van der Waals surface area (Å²) in [5.41, 5.74) is 6.84. The molecule has 0 radical (unpaired) electrons. The van der Waals surface area contributed by atoms with Crippen molar-refractivity contribution in [2.75, 3.05) is 16.4 Å². The lowest BCUT2D eigenvalue weighted by Crippen LogP contribution is -2.19. The molecule has 0 aliphatic heterocycles. The number of anilines is 3. The summed E-state index contributed by atoms with van der Waals surface area (Å²) >= 11 is 5.83. The number of carbonyl (C=O) groups is 1. The van der Waals surface area contributed by atoms with Crippen LogP contribution in [0.25, 0.3) is 0 Å². The fourth-order valence-electron chi connectivity index (χ4n) is 1.46. The largest absolute Gasteiger partial charge is 0.398 e. The predicted octanol–water partition coefficient (Wildman–Crippen LogP) is 3.71. The molecule has 0 saturated carbocycles. The number of nitrogen functional groups attached to an aromatic ring is 1. The van der Waals surface area contributed by atoms with Crippen molar-refractivity contribution < 1.29 is 9.18 Å². The molecule has 0 saturated heterocycles. The van der Waals surface area contributed by atoms with Crippen LogP contribution in [-0.4, -0.2) is 6.03 Å². The van der Waals surface area contributed by atoms with Crippen LogP contribution >= 0.6 is 11.6 Å². The molecule has 98 valence electrons. The zero-order valence-electron chi connectivity index (χ0n) is 9.78. The van der Waals surface area contributed by atoms with E-state index in [4.69, 9.17) is 17.3 Å². The molecule has 0 bridgehead atoms. The van der Waals surface area contributed by atoms with Gasteiger partial charge in [0, 0.05) is 11.4 Å². The highest BCUT2D eigenvalue weighted by molar-refractivity contribution is 6.33. The minimum absolute atomic E-state index is 0.351. The van der Waals surface area contributed by atoms with Gasteiger partial charge in [-0.3, -0.25) is 0 Å². The van der Waals surface area contributed by atoms with Gasteiger partial charge in [0.15, 0.2) is 0 Å². The van der Waals surface area contributed by atoms with Crippen LogP contribution in [-0.2, 0) is 0 Å². The summed E-state index contributed by atoms with van der Waals surface area (Å²) < 4.78 is 12.9. The Morgan fingerprint density at radius 3 is 2.42 bits per heavy atom. The van der Waals surface area contributed by atoms with Crippen LogP contribution in [0.5, 0.6) is 0 Å². The molecule has 6 heteroatoms. The number of nitrogens with one attached hydrogen (secondary N) is 2. The van der Waals surface area contributed by atoms with Crippen molar-refractivity contribution in [3.05, 3.63) is 53.3 Å². The minimum Gasteiger partial charge on any atom is -0.398 e. The molecule has 2 aromatic rings. The van der Waals surface area contributed by atoms with Crippen LogP contribution in [0.2, 0.25) is 5.02 Å². The summed E-state index contributed by atoms with van der Waals surface area (Å²) in [6.45, 7) is 0. The fourth-order valence-corrected chi connectivity index (χ4v) is 1.65. The van der Waals surface area contributed by atoms with E-state index < -0.39 is 11.8 Å². The van der Waals surface area contributed by atoms with E-state index in [1.54, 1.807) is 18.2 Å². The van der Waals surface area contributed by atoms with E-state index in [-0.39, 0.29) is 0 Å². The Hall–Kier alpha value is -2.27. The Morgan fingerprint density at radius 2 is 1.79 bits per heavy atom. The lowest BCUT2D eigenvalue weighted by Gasteiger charge is -2.08. The summed E-state index contributed by atoms with van der Waals surface area (Å²) in [4.78, 5) is 11.7. The molecule has 0 spiro atoms. The van der Waals surface area contributed by atoms with Crippen LogP contribution in [0.1, 0.15) is 0 Å². The molecule has 0 fully saturated rings. The van der Waals surface area contributed by atoms with Gasteiger partial charge in [-0.25, -0.2) is 9.18 Å². The maximum atomic E-state index is 12.9. The zero-order chi connectivity index (χ0) is 13.8. The monoisotopic (exact) mass is 279 g/mol. The number of halogens is 2. The number of benzene rings is 2. The van der Waals surface area contributed by atoms with Crippen LogP contribution in [0.3, 0.4) is 0 Å². The van der Waals surface area contributed by atoms with Crippen molar-refractivity contribution in [1.29, 1.82) is 0 Å². The molecule has 4 N–H and O–H groups in total. The van der Waals surface area contributed by atoms with E-state index in [2.05, 4.69) is 10.6 Å². The number of nitrogens with two attached hydrogens (primary N) is 1. The van der Waals surface area contributed by atoms with E-state index in [9.17, 15) is 9.18 Å². The molecule has 0 aliphatic carbocycles. The van der Waals surface area contributed by atoms with Gasteiger partial charge in [0.25, 0.3) is 0 Å². The molecule has 2 rings (SSSR count). The molecule has 0 atom stereocenters. The standard InChI is InChI=1S/C13H11ClFN3O/c14-11-7-10(4-5-12(11)16)18-13(19)17-9-3-1-2-8(15)6-9/h1-7H,16H2,(H2,17,18,19). The van der Waals surface area contributed by atoms with E-state index >= 15 is 0 Å². The Morgan fingerprint density at radius 1 is 1.11 bits per heavy atom. The highest BCUT2D eigenvalue weighted by Crippen LogP contribution is 2.22. The summed E-state index contributed by atoms with van der Waals surface area (Å²) in [5.74, 6) is -0.423. The lowest BCUT2D eigenvalue weighted by molar-refractivity contribution is 0.262. The van der Waals surface area contributed by atoms with Gasteiger partial charge in [-0.1, -0.05) is 17.7 Å². The molecule has 0 aliphatic rings. The second-order valence-electron chi connectivity index (χ2n) is 3.83. The second kappa shape index (κ2) is 5.58. The summed E-state index contributed by atoms with van der Waals surface area (Å²) in [6, 6.07) is 9.84. The van der Waals surface area contributed by atoms with Gasteiger partial charge in [0.1, 0.15) is 5.82 Å². The number of rotatable bonds is 2. The quantitative estimate of drug-likeness (QED) is 0.734. The van der Waals surface area contributed by atoms with Crippen molar-refractivity contribution in [2.24, 2.45) is 0 Å². The number of amides is 2. The average Bonchev–Trinajstić information content (AvgIpc) is 2.34. The fraction of sp³-hybridized carbons (Fsp3) is 0. The molecule has 2 aromatic carbocycles. The highest BCUT2D eigenvalue weighted by atomic mass is 35.5. The van der Waals surface area contributed by atoms with Gasteiger partial charge in [-0.15, -0.1) is 0 Å². The van der Waals surface area contributed by atoms with Gasteiger partial charge in [-0.2, -0.15) is 0 Å². The molecular weight excluding hydrogens is 269 g/mol. The summed E-state index contributed by atoms with van der Waals surface area (Å²) in [5, 5.41) is 5.42. The van der Waals surface area contributed by atoms with E-state index in [1.165, 1.54) is 24.3 Å². The van der Waals surface area contributed by atoms with Crippen LogP contribution in [0.4, 0.5) is 26.2 Å². The maximum absolute atomic E-state index is 12.9. The molecule has 0 heterocycles. The van der Waals surface area contributed by atoms with Crippen molar-refractivity contribution in [3.8, 4) is 0 Å². The molecule has 0 aromatic heterocycles. The van der Waals surface area contributed by atoms with Crippen LogP contribution in [0.15, 0.2) is 42.5 Å². The lowest BCUT2D eigenvalue weighted by atomic mass is 10.3. The average molecular weight is 280 g/mol. The third kappa shape index (κ3) is 3.59. The second-order valence-corrected chi connectivity index (χ2v) is 4.23. The first-order valence-electron chi connectivity index (χ1n) is 5.43. The van der Waals surface area contributed by atoms with E-state index in [1.807, 2.05) is 0 Å². The maximum Gasteiger partial charge on any atom is 0.323 e. The van der Waals surface area contributed by atoms with Crippen LogP contribution < -0.4 is 16.4 Å². The first-order valence-corrected chi connectivity index (χ1v) is 5.81. The number of hydrogen-bond acceptors (Lipinski definition) is 2. The Balaban J connectivity index is 2.03. The molecule has 2 amide bonds. The number of hydrogen-bond donors (Lipinski definition) is 3. The zero-order valence-corrected chi connectivity index (χ0v) is 10.5. The highest BCUT2D eigenvalue weighted by Gasteiger charge is 2.04. The number of urea groups is 1. The predicted molar refractivity (Wildman–Crippen MR) is 74.9 cm³/mol. The van der Waals surface area contributed by atoms with Gasteiger partial charge >= 0.3 is 6.03 Å². The SMILES string of the molecule is Nc1ccc(NC(=O)Nc2cccc(F)c2)cc1Cl. The summed E-state index contributed by atoms with van der Waals surface area (Å²) in [6.07, 6.45) is 0. The Bertz CT molecular complexity index is 619. The summed E-state index contributed by atoms with van der Waals surface area (Å²) in [7, 11) is 0. The smallest absolute Gasteiger partial charge is 0.323 e. The Labute approximate surface area is 114 Å². The van der Waals surface area contributed by atoms with Gasteiger partial charge in [-0.05, 0) is 36.4 Å². The van der Waals surface area contributed by atoms with Gasteiger partial charge in [0.05, 0.1) is 10.7 Å². The van der Waals surface area contributed by atoms with E-state index in [0.717, 1.165) is 0 Å². The van der Waals surface area contributed by atoms with Crippen LogP contribution in [0, 0.1) is 5.82 Å². The first-order chi connectivity index (χ1) is 9.04. The van der Waals surface area contributed by atoms with Crippen molar-refractivity contribution in [1.82, 2.24) is 0 Å². The van der Waals surface area contributed by atoms with E-state index in [0.29, 0.717) is 22.1 Å². The third-order valence-corrected chi connectivity index (χ3v) is 2.67. The molecule has 19 heavy (non-hydrogen) atoms. The number of carbonyl (C=O) groups excluding carboxylic acids is 1. The molecular formula is C13H11ClFN3O. The topological polar surface area (TPSA) is 67.1 Å². The van der Waals surface area contributed by atoms with Crippen molar-refractivity contribution in [3.63, 3.8) is 0 Å². The van der Waals surface area contributed by atoms with Crippen molar-refractivity contribution >= 4 is 34.7 Å². The van der Waals surface area contributed by atoms with Gasteiger partial charge < -0.3 is 16.4 Å². The third-order valence-electron chi connectivity index (χ3n) is 2.34.